The molecule has 0 spiro atoms. The molecule has 3 rings (SSSR count). The number of hydrogen-bond acceptors (Lipinski definition) is 7. The Kier molecular flexibility index (Phi) is 4.04. The van der Waals surface area contributed by atoms with E-state index in [0.717, 1.165) is 10.6 Å². The number of benzene rings is 1. The lowest BCUT2D eigenvalue weighted by atomic mass is 9.99. The van der Waals surface area contributed by atoms with Crippen LogP contribution in [0.4, 0.5) is 10.8 Å². The Labute approximate surface area is 136 Å². The van der Waals surface area contributed by atoms with Crippen LogP contribution in [-0.2, 0) is 22.9 Å². The van der Waals surface area contributed by atoms with Crippen LogP contribution >= 0.6 is 11.3 Å². The number of sulfonamides is 1. The number of rotatable bonds is 4. The summed E-state index contributed by atoms with van der Waals surface area (Å²) in [7, 11) is -3.97. The third-order valence-corrected chi connectivity index (χ3v) is 6.15. The lowest BCUT2D eigenvalue weighted by molar-refractivity contribution is -0.387. The molecule has 23 heavy (non-hydrogen) atoms. The summed E-state index contributed by atoms with van der Waals surface area (Å²) in [6.07, 6.45) is 1.70. The molecule has 1 aliphatic carbocycles. The van der Waals surface area contributed by atoms with E-state index < -0.39 is 20.6 Å². The van der Waals surface area contributed by atoms with Crippen LogP contribution in [-0.4, -0.2) is 24.4 Å². The molecule has 0 fully saturated rings. The number of anilines is 1. The number of nitrogen functional groups attached to an aromatic ring is 1. The van der Waals surface area contributed by atoms with Crippen molar-refractivity contribution < 1.29 is 13.3 Å². The summed E-state index contributed by atoms with van der Waals surface area (Å²) in [6.45, 7) is 0. The van der Waals surface area contributed by atoms with Gasteiger partial charge in [-0.05, 0) is 18.9 Å². The number of fused-ring (bicyclic) bond motifs is 1. The Morgan fingerprint density at radius 1 is 1.39 bits per heavy atom. The van der Waals surface area contributed by atoms with Crippen molar-refractivity contribution in [3.63, 3.8) is 0 Å². The molecule has 122 valence electrons. The van der Waals surface area contributed by atoms with E-state index in [-0.39, 0.29) is 10.9 Å². The zero-order valence-corrected chi connectivity index (χ0v) is 13.6. The first-order chi connectivity index (χ1) is 10.9. The second kappa shape index (κ2) is 5.87. The van der Waals surface area contributed by atoms with Gasteiger partial charge >= 0.3 is 0 Å². The molecule has 0 saturated carbocycles. The van der Waals surface area contributed by atoms with E-state index in [1.54, 1.807) is 0 Å². The van der Waals surface area contributed by atoms with E-state index >= 15 is 0 Å². The van der Waals surface area contributed by atoms with Crippen LogP contribution in [0.25, 0.3) is 0 Å². The van der Waals surface area contributed by atoms with Crippen molar-refractivity contribution in [1.29, 1.82) is 0 Å². The maximum atomic E-state index is 12.5. The van der Waals surface area contributed by atoms with Crippen molar-refractivity contribution in [3.8, 4) is 0 Å². The fourth-order valence-electron chi connectivity index (χ4n) is 2.61. The number of para-hydroxylation sites is 1. The van der Waals surface area contributed by atoms with Gasteiger partial charge in [-0.25, -0.2) is 18.1 Å². The average Bonchev–Trinajstić information content (AvgIpc) is 2.86. The molecule has 8 nitrogen and oxygen atoms in total. The molecule has 0 bridgehead atoms. The van der Waals surface area contributed by atoms with Crippen LogP contribution in [0.5, 0.6) is 0 Å². The van der Waals surface area contributed by atoms with Crippen LogP contribution in [0, 0.1) is 10.1 Å². The number of aromatic nitrogens is 1. The van der Waals surface area contributed by atoms with Gasteiger partial charge in [0.05, 0.1) is 10.6 Å². The minimum Gasteiger partial charge on any atom is -0.375 e. The Balaban J connectivity index is 1.84. The number of aryl methyl sites for hydroxylation is 1. The molecule has 1 atom stereocenters. The van der Waals surface area contributed by atoms with Gasteiger partial charge in [-0.1, -0.05) is 12.1 Å². The van der Waals surface area contributed by atoms with Gasteiger partial charge in [0.15, 0.2) is 10.0 Å². The lowest BCUT2D eigenvalue weighted by Crippen LogP contribution is -2.38. The maximum Gasteiger partial charge on any atom is 0.289 e. The third kappa shape index (κ3) is 3.19. The minimum atomic E-state index is -3.97. The molecule has 10 heteroatoms. The van der Waals surface area contributed by atoms with E-state index in [1.165, 1.54) is 35.6 Å². The molecule has 0 amide bonds. The van der Waals surface area contributed by atoms with Gasteiger partial charge in [-0.2, -0.15) is 0 Å². The van der Waals surface area contributed by atoms with E-state index in [0.29, 0.717) is 24.4 Å². The number of nitro groups is 1. The molecule has 3 N–H and O–H groups in total. The Hall–Kier alpha value is -2.04. The number of nitrogens with one attached hydrogen (secondary N) is 1. The second-order valence-electron chi connectivity index (χ2n) is 5.21. The molecular formula is C13H14N4O4S2. The van der Waals surface area contributed by atoms with Crippen molar-refractivity contribution in [2.75, 3.05) is 5.73 Å². The molecule has 1 aromatic heterocycles. The summed E-state index contributed by atoms with van der Waals surface area (Å²) in [6, 6.07) is 4.98. The summed E-state index contributed by atoms with van der Waals surface area (Å²) in [5.41, 5.74) is 6.15. The first-order valence-corrected chi connectivity index (χ1v) is 9.16. The number of hydrogen-bond donors (Lipinski definition) is 2. The minimum absolute atomic E-state index is 0.320. The van der Waals surface area contributed by atoms with Crippen molar-refractivity contribution in [1.82, 2.24) is 9.71 Å². The van der Waals surface area contributed by atoms with Crippen LogP contribution in [0.2, 0.25) is 0 Å². The van der Waals surface area contributed by atoms with Gasteiger partial charge in [0.1, 0.15) is 0 Å². The predicted octanol–water partition coefficient (Wildman–Crippen LogP) is 1.47. The van der Waals surface area contributed by atoms with Gasteiger partial charge in [0.2, 0.25) is 10.0 Å². The third-order valence-electron chi connectivity index (χ3n) is 3.63. The van der Waals surface area contributed by atoms with Crippen LogP contribution < -0.4 is 10.5 Å². The number of thiazole rings is 1. The van der Waals surface area contributed by atoms with Gasteiger partial charge in [0.25, 0.3) is 5.69 Å². The molecule has 0 aliphatic heterocycles. The monoisotopic (exact) mass is 354 g/mol. The van der Waals surface area contributed by atoms with Crippen LogP contribution in [0.15, 0.2) is 29.2 Å². The van der Waals surface area contributed by atoms with Gasteiger partial charge in [-0.15, -0.1) is 11.3 Å². The van der Waals surface area contributed by atoms with Crippen molar-refractivity contribution in [2.45, 2.75) is 30.2 Å². The summed E-state index contributed by atoms with van der Waals surface area (Å²) in [4.78, 5) is 15.2. The number of nitrogens with zero attached hydrogens (tertiary/aromatic N) is 2. The smallest absolute Gasteiger partial charge is 0.289 e. The van der Waals surface area contributed by atoms with E-state index in [1.807, 2.05) is 0 Å². The zero-order chi connectivity index (χ0) is 16.6. The van der Waals surface area contributed by atoms with Gasteiger partial charge in [0, 0.05) is 23.4 Å². The standard InChI is InChI=1S/C13H14N4O4S2/c14-13-15-9-6-5-8(7-11(9)22-13)16-23(20,21)12-4-2-1-3-10(12)17(18)19/h1-4,8,16H,5-7H2,(H2,14,15). The van der Waals surface area contributed by atoms with Crippen LogP contribution in [0.3, 0.4) is 0 Å². The SMILES string of the molecule is Nc1nc2c(s1)CC(NS(=O)(=O)c1ccccc1[N+](=O)[O-])CC2. The van der Waals surface area contributed by atoms with E-state index in [9.17, 15) is 18.5 Å². The normalized spacial score (nSPS) is 17.7. The highest BCUT2D eigenvalue weighted by atomic mass is 32.2. The second-order valence-corrected chi connectivity index (χ2v) is 8.01. The largest absolute Gasteiger partial charge is 0.375 e. The zero-order valence-electron chi connectivity index (χ0n) is 11.9. The highest BCUT2D eigenvalue weighted by molar-refractivity contribution is 7.89. The summed E-state index contributed by atoms with van der Waals surface area (Å²) in [5.74, 6) is 0. The molecule has 1 aromatic carbocycles. The highest BCUT2D eigenvalue weighted by Crippen LogP contribution is 2.29. The quantitative estimate of drug-likeness (QED) is 0.632. The Morgan fingerprint density at radius 2 is 2.13 bits per heavy atom. The van der Waals surface area contributed by atoms with Gasteiger partial charge < -0.3 is 5.73 Å². The maximum absolute atomic E-state index is 12.5. The molecule has 0 radical (unpaired) electrons. The highest BCUT2D eigenvalue weighted by Gasteiger charge is 2.30. The van der Waals surface area contributed by atoms with Crippen molar-refractivity contribution in [3.05, 3.63) is 45.0 Å². The molecule has 0 saturated heterocycles. The fourth-order valence-corrected chi connectivity index (χ4v) is 5.01. The Bertz CT molecular complexity index is 863. The Morgan fingerprint density at radius 3 is 2.87 bits per heavy atom. The molecular weight excluding hydrogens is 340 g/mol. The lowest BCUT2D eigenvalue weighted by Gasteiger charge is -2.22. The predicted molar refractivity (Wildman–Crippen MR) is 85.8 cm³/mol. The molecule has 1 unspecified atom stereocenters. The molecule has 1 aliphatic rings. The average molecular weight is 354 g/mol. The summed E-state index contributed by atoms with van der Waals surface area (Å²) < 4.78 is 27.5. The first kappa shape index (κ1) is 15.8. The van der Waals surface area contributed by atoms with Gasteiger partial charge in [-0.3, -0.25) is 10.1 Å². The number of nitro benzene ring substituents is 1. The summed E-state index contributed by atoms with van der Waals surface area (Å²) in [5, 5.41) is 11.5. The van der Waals surface area contributed by atoms with E-state index in [4.69, 9.17) is 5.73 Å². The molecule has 2 aromatic rings. The summed E-state index contributed by atoms with van der Waals surface area (Å²) >= 11 is 1.35. The molecule has 1 heterocycles. The number of nitrogens with two attached hydrogens (primary N) is 1. The topological polar surface area (TPSA) is 128 Å². The van der Waals surface area contributed by atoms with Crippen LogP contribution in [0.1, 0.15) is 17.0 Å². The first-order valence-electron chi connectivity index (χ1n) is 6.86. The van der Waals surface area contributed by atoms with Crippen molar-refractivity contribution in [2.24, 2.45) is 0 Å². The fraction of sp³-hybridized carbons (Fsp3) is 0.308. The van der Waals surface area contributed by atoms with Crippen molar-refractivity contribution >= 4 is 32.2 Å². The van der Waals surface area contributed by atoms with E-state index in [2.05, 4.69) is 9.71 Å².